The molecule has 3 atom stereocenters. The zero-order chi connectivity index (χ0) is 8.84. The number of fused-ring (bicyclic) bond motifs is 1. The van der Waals surface area contributed by atoms with Crippen LogP contribution in [0, 0.1) is 18.8 Å². The van der Waals surface area contributed by atoms with Gasteiger partial charge in [0.2, 0.25) is 0 Å². The molecule has 0 radical (unpaired) electrons. The zero-order valence-corrected chi connectivity index (χ0v) is 9.18. The van der Waals surface area contributed by atoms with Crippen LogP contribution < -0.4 is 5.32 Å². The van der Waals surface area contributed by atoms with Crippen molar-refractivity contribution >= 4 is 12.4 Å². The molecular formula is C12H16ClN. The minimum atomic E-state index is 0. The van der Waals surface area contributed by atoms with Crippen LogP contribution in [-0.2, 0) is 0 Å². The third-order valence-electron chi connectivity index (χ3n) is 3.64. The lowest BCUT2D eigenvalue weighted by atomic mass is 10.0. The second-order valence-corrected chi connectivity index (χ2v) is 4.37. The van der Waals surface area contributed by atoms with Crippen LogP contribution in [0.5, 0.6) is 0 Å². The molecule has 1 N–H and O–H groups in total. The van der Waals surface area contributed by atoms with Crippen LogP contribution in [-0.4, -0.2) is 13.1 Å². The monoisotopic (exact) mass is 209 g/mol. The standard InChI is InChI=1S/C12H15N.ClH/c1-8-4-2-3-5-9(8)12-10-6-13-7-11(10)12;/h2-5,10-13H,6-7H2,1H3;1H/t10-,11+,12?;. The Morgan fingerprint density at radius 3 is 2.43 bits per heavy atom. The van der Waals surface area contributed by atoms with E-state index in [0.717, 1.165) is 17.8 Å². The number of benzene rings is 1. The molecule has 2 heteroatoms. The van der Waals surface area contributed by atoms with Gasteiger partial charge < -0.3 is 5.32 Å². The van der Waals surface area contributed by atoms with E-state index in [1.807, 2.05) is 0 Å². The first-order valence-electron chi connectivity index (χ1n) is 5.14. The Labute approximate surface area is 91.3 Å². The Balaban J connectivity index is 0.000000750. The molecule has 1 saturated carbocycles. The highest BCUT2D eigenvalue weighted by Gasteiger charge is 2.53. The summed E-state index contributed by atoms with van der Waals surface area (Å²) in [6.07, 6.45) is 0. The maximum atomic E-state index is 3.44. The van der Waals surface area contributed by atoms with Gasteiger partial charge in [0.25, 0.3) is 0 Å². The molecule has 3 rings (SSSR count). The molecule has 2 aliphatic rings. The average Bonchev–Trinajstić information content (AvgIpc) is 2.61. The second kappa shape index (κ2) is 3.56. The summed E-state index contributed by atoms with van der Waals surface area (Å²) in [4.78, 5) is 0. The summed E-state index contributed by atoms with van der Waals surface area (Å²) >= 11 is 0. The average molecular weight is 210 g/mol. The maximum absolute atomic E-state index is 3.44. The van der Waals surface area contributed by atoms with Gasteiger partial charge >= 0.3 is 0 Å². The number of halogens is 1. The Bertz CT molecular complexity index is 327. The molecule has 1 unspecified atom stereocenters. The lowest BCUT2D eigenvalue weighted by Gasteiger charge is -2.07. The zero-order valence-electron chi connectivity index (χ0n) is 8.36. The van der Waals surface area contributed by atoms with E-state index < -0.39 is 0 Å². The van der Waals surface area contributed by atoms with Gasteiger partial charge in [-0.25, -0.2) is 0 Å². The Kier molecular flexibility index (Phi) is 2.54. The minimum absolute atomic E-state index is 0. The van der Waals surface area contributed by atoms with Crippen LogP contribution in [0.25, 0.3) is 0 Å². The summed E-state index contributed by atoms with van der Waals surface area (Å²) in [5, 5.41) is 3.44. The van der Waals surface area contributed by atoms with Crippen molar-refractivity contribution in [2.75, 3.05) is 13.1 Å². The highest BCUT2D eigenvalue weighted by atomic mass is 35.5. The molecule has 1 heterocycles. The molecule has 1 aliphatic heterocycles. The van der Waals surface area contributed by atoms with Crippen molar-refractivity contribution in [1.82, 2.24) is 5.32 Å². The quantitative estimate of drug-likeness (QED) is 0.749. The molecule has 0 spiro atoms. The molecule has 0 bridgehead atoms. The Morgan fingerprint density at radius 2 is 1.79 bits per heavy atom. The van der Waals surface area contributed by atoms with Gasteiger partial charge in [-0.3, -0.25) is 0 Å². The highest BCUT2D eigenvalue weighted by Crippen LogP contribution is 2.56. The molecular weight excluding hydrogens is 194 g/mol. The van der Waals surface area contributed by atoms with E-state index in [9.17, 15) is 0 Å². The van der Waals surface area contributed by atoms with Gasteiger partial charge in [-0.05, 0) is 48.9 Å². The van der Waals surface area contributed by atoms with E-state index in [1.165, 1.54) is 18.7 Å². The molecule has 1 aliphatic carbocycles. The number of piperidine rings is 1. The van der Waals surface area contributed by atoms with E-state index in [4.69, 9.17) is 0 Å². The molecule has 1 saturated heterocycles. The molecule has 1 nitrogen and oxygen atoms in total. The van der Waals surface area contributed by atoms with Crippen LogP contribution in [0.2, 0.25) is 0 Å². The van der Waals surface area contributed by atoms with Crippen molar-refractivity contribution in [3.05, 3.63) is 35.4 Å². The van der Waals surface area contributed by atoms with Gasteiger partial charge in [-0.2, -0.15) is 0 Å². The van der Waals surface area contributed by atoms with Crippen LogP contribution in [0.4, 0.5) is 0 Å². The van der Waals surface area contributed by atoms with Crippen molar-refractivity contribution in [2.45, 2.75) is 12.8 Å². The van der Waals surface area contributed by atoms with Gasteiger partial charge in [0.15, 0.2) is 0 Å². The second-order valence-electron chi connectivity index (χ2n) is 4.37. The fraction of sp³-hybridized carbons (Fsp3) is 0.500. The maximum Gasteiger partial charge on any atom is -0.00111 e. The summed E-state index contributed by atoms with van der Waals surface area (Å²) in [7, 11) is 0. The minimum Gasteiger partial charge on any atom is -0.316 e. The van der Waals surface area contributed by atoms with Crippen LogP contribution in [0.15, 0.2) is 24.3 Å². The summed E-state index contributed by atoms with van der Waals surface area (Å²) in [5.74, 6) is 2.77. The molecule has 14 heavy (non-hydrogen) atoms. The van der Waals surface area contributed by atoms with E-state index in [0.29, 0.717) is 0 Å². The topological polar surface area (TPSA) is 12.0 Å². The summed E-state index contributed by atoms with van der Waals surface area (Å²) in [5.41, 5.74) is 3.07. The number of rotatable bonds is 1. The molecule has 0 aromatic heterocycles. The normalized spacial score (nSPS) is 33.4. The van der Waals surface area contributed by atoms with Gasteiger partial charge in [-0.15, -0.1) is 12.4 Å². The number of aryl methyl sites for hydroxylation is 1. The van der Waals surface area contributed by atoms with Gasteiger partial charge in [0, 0.05) is 0 Å². The fourth-order valence-corrected chi connectivity index (χ4v) is 2.84. The molecule has 76 valence electrons. The highest BCUT2D eigenvalue weighted by molar-refractivity contribution is 5.85. The summed E-state index contributed by atoms with van der Waals surface area (Å²) in [6.45, 7) is 4.71. The molecule has 1 aromatic carbocycles. The number of hydrogen-bond acceptors (Lipinski definition) is 1. The summed E-state index contributed by atoms with van der Waals surface area (Å²) < 4.78 is 0. The van der Waals surface area contributed by atoms with Gasteiger partial charge in [0.05, 0.1) is 0 Å². The Hall–Kier alpha value is -0.530. The van der Waals surface area contributed by atoms with Crippen molar-refractivity contribution in [3.8, 4) is 0 Å². The largest absolute Gasteiger partial charge is 0.316 e. The van der Waals surface area contributed by atoms with Crippen molar-refractivity contribution in [2.24, 2.45) is 11.8 Å². The van der Waals surface area contributed by atoms with E-state index >= 15 is 0 Å². The van der Waals surface area contributed by atoms with Crippen LogP contribution >= 0.6 is 12.4 Å². The van der Waals surface area contributed by atoms with Crippen LogP contribution in [0.3, 0.4) is 0 Å². The van der Waals surface area contributed by atoms with Crippen LogP contribution in [0.1, 0.15) is 17.0 Å². The van der Waals surface area contributed by atoms with Crippen molar-refractivity contribution in [3.63, 3.8) is 0 Å². The third-order valence-corrected chi connectivity index (χ3v) is 3.64. The van der Waals surface area contributed by atoms with E-state index in [1.54, 1.807) is 5.56 Å². The summed E-state index contributed by atoms with van der Waals surface area (Å²) in [6, 6.07) is 8.84. The number of hydrogen-bond donors (Lipinski definition) is 1. The first-order valence-corrected chi connectivity index (χ1v) is 5.14. The third kappa shape index (κ3) is 1.35. The van der Waals surface area contributed by atoms with Crippen molar-refractivity contribution in [1.29, 1.82) is 0 Å². The smallest absolute Gasteiger partial charge is 0.00111 e. The number of nitrogens with one attached hydrogen (secondary N) is 1. The lowest BCUT2D eigenvalue weighted by molar-refractivity contribution is 0.682. The van der Waals surface area contributed by atoms with Gasteiger partial charge in [-0.1, -0.05) is 24.3 Å². The van der Waals surface area contributed by atoms with E-state index in [2.05, 4.69) is 36.5 Å². The Morgan fingerprint density at radius 1 is 1.14 bits per heavy atom. The molecule has 1 aromatic rings. The SMILES string of the molecule is Cc1ccccc1C1[C@H]2CNC[C@@H]12.Cl. The lowest BCUT2D eigenvalue weighted by Crippen LogP contribution is -2.14. The fourth-order valence-electron chi connectivity index (χ4n) is 2.84. The predicted molar refractivity (Wildman–Crippen MR) is 61.0 cm³/mol. The van der Waals surface area contributed by atoms with Gasteiger partial charge in [0.1, 0.15) is 0 Å². The predicted octanol–water partition coefficient (Wildman–Crippen LogP) is 2.35. The molecule has 0 amide bonds. The van der Waals surface area contributed by atoms with E-state index in [-0.39, 0.29) is 12.4 Å². The van der Waals surface area contributed by atoms with Crippen molar-refractivity contribution < 1.29 is 0 Å². The first-order chi connectivity index (χ1) is 6.38. The molecule has 2 fully saturated rings. The first kappa shape index (κ1) is 10.0.